The van der Waals surface area contributed by atoms with E-state index in [-0.39, 0.29) is 34.5 Å². The molecule has 0 heterocycles. The van der Waals surface area contributed by atoms with E-state index in [9.17, 15) is 18.0 Å². The molecule has 2 amide bonds. The largest absolute Gasteiger partial charge is 0.355 e. The minimum atomic E-state index is -4.19. The molecular weight excluding hydrogens is 558 g/mol. The van der Waals surface area contributed by atoms with Crippen molar-refractivity contribution in [3.63, 3.8) is 0 Å². The van der Waals surface area contributed by atoms with Gasteiger partial charge in [-0.3, -0.25) is 13.9 Å². The van der Waals surface area contributed by atoms with Crippen LogP contribution in [-0.2, 0) is 32.6 Å². The van der Waals surface area contributed by atoms with E-state index in [4.69, 9.17) is 11.6 Å². The number of hydrogen-bond donors (Lipinski definition) is 1. The number of anilines is 1. The predicted octanol–water partition coefficient (Wildman–Crippen LogP) is 5.31. The van der Waals surface area contributed by atoms with Gasteiger partial charge in [0.2, 0.25) is 11.8 Å². The van der Waals surface area contributed by atoms with E-state index in [0.29, 0.717) is 6.54 Å². The molecule has 0 aliphatic rings. The van der Waals surface area contributed by atoms with Gasteiger partial charge in [-0.05, 0) is 42.3 Å². The quantitative estimate of drug-likeness (QED) is 0.243. The number of nitrogens with one attached hydrogen (secondary N) is 1. The molecule has 1 unspecified atom stereocenters. The molecule has 0 radical (unpaired) electrons. The molecule has 9 heteroatoms. The second-order valence-corrected chi connectivity index (χ2v) is 11.7. The number of carbonyl (C=O) groups is 2. The molecule has 4 rings (SSSR count). The number of rotatable bonds is 12. The molecule has 0 fully saturated rings. The third-order valence-corrected chi connectivity index (χ3v) is 8.64. The van der Waals surface area contributed by atoms with Crippen molar-refractivity contribution in [2.45, 2.75) is 30.8 Å². The Hall–Kier alpha value is -4.14. The van der Waals surface area contributed by atoms with Gasteiger partial charge in [0.25, 0.3) is 10.0 Å². The lowest BCUT2D eigenvalue weighted by Gasteiger charge is -2.34. The molecule has 0 saturated heterocycles. The lowest BCUT2D eigenvalue weighted by Crippen LogP contribution is -2.53. The Morgan fingerprint density at radius 1 is 0.780 bits per heavy atom. The Morgan fingerprint density at radius 3 is 1.90 bits per heavy atom. The number of likely N-dealkylation sites (N-methyl/N-ethyl adjacent to an activating group) is 1. The highest BCUT2D eigenvalue weighted by atomic mass is 35.5. The average molecular weight is 590 g/mol. The van der Waals surface area contributed by atoms with Crippen LogP contribution >= 0.6 is 11.6 Å². The fourth-order valence-corrected chi connectivity index (χ4v) is 6.26. The van der Waals surface area contributed by atoms with Gasteiger partial charge in [0.1, 0.15) is 12.6 Å². The molecular formula is C32H32ClN3O4S. The number of nitrogens with zero attached hydrogens (tertiary/aromatic N) is 2. The maximum absolute atomic E-state index is 14.3. The molecule has 212 valence electrons. The van der Waals surface area contributed by atoms with Crippen molar-refractivity contribution in [3.8, 4) is 0 Å². The van der Waals surface area contributed by atoms with Crippen LogP contribution in [-0.4, -0.2) is 44.3 Å². The summed E-state index contributed by atoms with van der Waals surface area (Å²) >= 11 is 6.47. The standard InChI is InChI=1S/C32H32ClN3O4S/c1-2-34-32(38)30(22-25-14-6-3-7-15-25)35(23-26-16-8-4-9-17-26)31(37)24-36(29-21-13-12-20-28(29)33)41(39,40)27-18-10-5-11-19-27/h3-21,30H,2,22-24H2,1H3,(H,34,38). The molecule has 1 N–H and O–H groups in total. The Bertz CT molecular complexity index is 1550. The van der Waals surface area contributed by atoms with Crippen molar-refractivity contribution < 1.29 is 18.0 Å². The number of hydrogen-bond acceptors (Lipinski definition) is 4. The molecule has 41 heavy (non-hydrogen) atoms. The van der Waals surface area contributed by atoms with Gasteiger partial charge in [0.15, 0.2) is 0 Å². The highest BCUT2D eigenvalue weighted by Gasteiger charge is 2.35. The summed E-state index contributed by atoms with van der Waals surface area (Å²) in [4.78, 5) is 29.2. The minimum Gasteiger partial charge on any atom is -0.355 e. The van der Waals surface area contributed by atoms with E-state index in [0.717, 1.165) is 15.4 Å². The van der Waals surface area contributed by atoms with Gasteiger partial charge < -0.3 is 10.2 Å². The smallest absolute Gasteiger partial charge is 0.264 e. The van der Waals surface area contributed by atoms with Crippen LogP contribution < -0.4 is 9.62 Å². The van der Waals surface area contributed by atoms with Crippen LogP contribution in [0.5, 0.6) is 0 Å². The molecule has 4 aromatic carbocycles. The summed E-state index contributed by atoms with van der Waals surface area (Å²) < 4.78 is 28.8. The molecule has 0 aliphatic carbocycles. The summed E-state index contributed by atoms with van der Waals surface area (Å²) in [6, 6.07) is 32.2. The van der Waals surface area contributed by atoms with Crippen LogP contribution in [0.3, 0.4) is 0 Å². The van der Waals surface area contributed by atoms with Crippen LogP contribution in [0.25, 0.3) is 0 Å². The van der Waals surface area contributed by atoms with Crippen LogP contribution in [0.15, 0.2) is 120 Å². The number of halogens is 1. The zero-order valence-electron chi connectivity index (χ0n) is 22.7. The zero-order chi connectivity index (χ0) is 29.2. The Morgan fingerprint density at radius 2 is 1.32 bits per heavy atom. The maximum atomic E-state index is 14.3. The van der Waals surface area contributed by atoms with E-state index in [2.05, 4.69) is 5.32 Å². The molecule has 0 aliphatic heterocycles. The SMILES string of the molecule is CCNC(=O)C(Cc1ccccc1)N(Cc1ccccc1)C(=O)CN(c1ccccc1Cl)S(=O)(=O)c1ccccc1. The first-order valence-corrected chi connectivity index (χ1v) is 15.1. The molecule has 7 nitrogen and oxygen atoms in total. The summed E-state index contributed by atoms with van der Waals surface area (Å²) in [5.74, 6) is -0.865. The number of para-hydroxylation sites is 1. The van der Waals surface area contributed by atoms with Crippen molar-refractivity contribution in [1.82, 2.24) is 10.2 Å². The number of benzene rings is 4. The maximum Gasteiger partial charge on any atom is 0.264 e. The highest BCUT2D eigenvalue weighted by Crippen LogP contribution is 2.30. The zero-order valence-corrected chi connectivity index (χ0v) is 24.3. The van der Waals surface area contributed by atoms with Gasteiger partial charge >= 0.3 is 0 Å². The molecule has 0 saturated carbocycles. The topological polar surface area (TPSA) is 86.8 Å². The van der Waals surface area contributed by atoms with E-state index in [1.165, 1.54) is 17.0 Å². The summed E-state index contributed by atoms with van der Waals surface area (Å²) in [7, 11) is -4.19. The normalized spacial score (nSPS) is 11.9. The van der Waals surface area contributed by atoms with Gasteiger partial charge in [-0.2, -0.15) is 0 Å². The van der Waals surface area contributed by atoms with Crippen molar-refractivity contribution in [3.05, 3.63) is 131 Å². The third-order valence-electron chi connectivity index (χ3n) is 6.55. The molecule has 1 atom stereocenters. The molecule has 4 aromatic rings. The van der Waals surface area contributed by atoms with E-state index < -0.39 is 28.5 Å². The summed E-state index contributed by atoms with van der Waals surface area (Å²) in [6.07, 6.45) is 0.253. The fourth-order valence-electron chi connectivity index (χ4n) is 4.51. The Labute approximate surface area is 246 Å². The summed E-state index contributed by atoms with van der Waals surface area (Å²) in [5, 5.41) is 3.03. The lowest BCUT2D eigenvalue weighted by atomic mass is 10.0. The second-order valence-electron chi connectivity index (χ2n) is 9.38. The fraction of sp³-hybridized carbons (Fsp3) is 0.188. The Kier molecular flexibility index (Phi) is 10.2. The minimum absolute atomic E-state index is 0.0203. The van der Waals surface area contributed by atoms with Crippen LogP contribution in [0.1, 0.15) is 18.1 Å². The second kappa shape index (κ2) is 14.0. The number of amides is 2. The van der Waals surface area contributed by atoms with E-state index in [1.54, 1.807) is 42.5 Å². The monoisotopic (exact) mass is 589 g/mol. The average Bonchev–Trinajstić information content (AvgIpc) is 2.99. The van der Waals surface area contributed by atoms with E-state index in [1.807, 2.05) is 67.6 Å². The highest BCUT2D eigenvalue weighted by molar-refractivity contribution is 7.92. The first-order chi connectivity index (χ1) is 19.8. The summed E-state index contributed by atoms with van der Waals surface area (Å²) in [6.45, 7) is 1.74. The van der Waals surface area contributed by atoms with Gasteiger partial charge in [-0.15, -0.1) is 0 Å². The first kappa shape index (κ1) is 29.8. The molecule has 0 spiro atoms. The van der Waals surface area contributed by atoms with Crippen molar-refractivity contribution >= 4 is 39.1 Å². The first-order valence-electron chi connectivity index (χ1n) is 13.3. The molecule has 0 bridgehead atoms. The van der Waals surface area contributed by atoms with Crippen LogP contribution in [0.2, 0.25) is 5.02 Å². The van der Waals surface area contributed by atoms with Crippen LogP contribution in [0.4, 0.5) is 5.69 Å². The summed E-state index contributed by atoms with van der Waals surface area (Å²) in [5.41, 5.74) is 1.84. The van der Waals surface area contributed by atoms with Crippen molar-refractivity contribution in [2.24, 2.45) is 0 Å². The van der Waals surface area contributed by atoms with Gasteiger partial charge in [0.05, 0.1) is 15.6 Å². The number of carbonyl (C=O) groups excluding carboxylic acids is 2. The van der Waals surface area contributed by atoms with Crippen LogP contribution in [0, 0.1) is 0 Å². The molecule has 0 aromatic heterocycles. The van der Waals surface area contributed by atoms with Crippen molar-refractivity contribution in [1.29, 1.82) is 0 Å². The Balaban J connectivity index is 1.78. The third kappa shape index (κ3) is 7.54. The van der Waals surface area contributed by atoms with Crippen molar-refractivity contribution in [2.75, 3.05) is 17.4 Å². The predicted molar refractivity (Wildman–Crippen MR) is 162 cm³/mol. The lowest BCUT2D eigenvalue weighted by molar-refractivity contribution is -0.140. The van der Waals surface area contributed by atoms with Gasteiger partial charge in [-0.1, -0.05) is 103 Å². The van der Waals surface area contributed by atoms with E-state index >= 15 is 0 Å². The van der Waals surface area contributed by atoms with Gasteiger partial charge in [-0.25, -0.2) is 8.42 Å². The van der Waals surface area contributed by atoms with Gasteiger partial charge in [0, 0.05) is 19.5 Å². The number of sulfonamides is 1.